The molecule has 30 heavy (non-hydrogen) atoms. The maximum Gasteiger partial charge on any atom is 0.174 e. The Morgan fingerprint density at radius 2 is 2.13 bits per heavy atom. The second-order valence-corrected chi connectivity index (χ2v) is 10.7. The SMILES string of the molecule is CC(C)CCO[C@@]12CCC(=O)[C@@H]3Oc4c(O)ccc5c4[C@@]31CCN(CC1CC1)[C@@H]2C5. The average molecular weight is 412 g/mol. The van der Waals surface area contributed by atoms with E-state index in [4.69, 9.17) is 9.47 Å². The summed E-state index contributed by atoms with van der Waals surface area (Å²) in [7, 11) is 0. The standard InChI is InChI=1S/C25H33NO4/c1-15(2)8-12-29-25-9-7-19(28)23-24(25)10-11-26(14-16-3-4-16)20(25)13-17-5-6-18(27)22(30-23)21(17)24/h5-6,15-16,20,23,27H,3-4,7-14H2,1-2H3/t20-,23+,24+,25-/m1/s1. The molecule has 6 rings (SSSR count). The van der Waals surface area contributed by atoms with Gasteiger partial charge in [0, 0.05) is 31.2 Å². The molecule has 0 amide bonds. The number of ether oxygens (including phenoxy) is 2. The zero-order valence-corrected chi connectivity index (χ0v) is 18.2. The lowest BCUT2D eigenvalue weighted by Gasteiger charge is -2.64. The summed E-state index contributed by atoms with van der Waals surface area (Å²) in [5, 5.41) is 10.6. The number of piperidine rings is 1. The van der Waals surface area contributed by atoms with Crippen molar-refractivity contribution in [2.45, 2.75) is 82.0 Å². The third-order valence-corrected chi connectivity index (χ3v) is 8.57. The molecule has 0 radical (unpaired) electrons. The summed E-state index contributed by atoms with van der Waals surface area (Å²) in [5.74, 6) is 2.30. The van der Waals surface area contributed by atoms with Crippen LogP contribution in [-0.4, -0.2) is 53.2 Å². The van der Waals surface area contributed by atoms with Crippen LogP contribution in [-0.2, 0) is 21.4 Å². The number of hydrogen-bond acceptors (Lipinski definition) is 5. The van der Waals surface area contributed by atoms with Gasteiger partial charge in [-0.1, -0.05) is 19.9 Å². The molecule has 2 heterocycles. The van der Waals surface area contributed by atoms with Gasteiger partial charge in [0.1, 0.15) is 0 Å². The van der Waals surface area contributed by atoms with E-state index in [0.29, 0.717) is 18.1 Å². The van der Waals surface area contributed by atoms with Crippen molar-refractivity contribution >= 4 is 5.78 Å². The lowest BCUT2D eigenvalue weighted by molar-refractivity contribution is -0.214. The molecule has 0 aromatic heterocycles. The van der Waals surface area contributed by atoms with E-state index in [9.17, 15) is 9.90 Å². The number of hydrogen-bond donors (Lipinski definition) is 1. The van der Waals surface area contributed by atoms with E-state index >= 15 is 0 Å². The van der Waals surface area contributed by atoms with Crippen molar-refractivity contribution in [1.29, 1.82) is 0 Å². The largest absolute Gasteiger partial charge is 0.504 e. The first-order chi connectivity index (χ1) is 14.5. The Kier molecular flexibility index (Phi) is 4.12. The Hall–Kier alpha value is -1.59. The Bertz CT molecular complexity index is 893. The van der Waals surface area contributed by atoms with Crippen LogP contribution in [0.5, 0.6) is 11.5 Å². The predicted octanol–water partition coefficient (Wildman–Crippen LogP) is 3.60. The monoisotopic (exact) mass is 411 g/mol. The van der Waals surface area contributed by atoms with E-state index in [0.717, 1.165) is 56.9 Å². The first-order valence-electron chi connectivity index (χ1n) is 11.9. The summed E-state index contributed by atoms with van der Waals surface area (Å²) < 4.78 is 13.3. The molecule has 5 aliphatic rings. The molecule has 3 aliphatic carbocycles. The molecule has 1 N–H and O–H groups in total. The molecule has 162 valence electrons. The van der Waals surface area contributed by atoms with Crippen molar-refractivity contribution < 1.29 is 19.4 Å². The summed E-state index contributed by atoms with van der Waals surface area (Å²) in [5.41, 5.74) is 1.48. The van der Waals surface area contributed by atoms with Gasteiger partial charge in [-0.15, -0.1) is 0 Å². The number of ketones is 1. The number of benzene rings is 1. The van der Waals surface area contributed by atoms with Crippen LogP contribution < -0.4 is 4.74 Å². The van der Waals surface area contributed by atoms with E-state index in [2.05, 4.69) is 24.8 Å². The van der Waals surface area contributed by atoms with Crippen LogP contribution in [0.15, 0.2) is 12.1 Å². The van der Waals surface area contributed by atoms with Gasteiger partial charge in [0.25, 0.3) is 0 Å². The van der Waals surface area contributed by atoms with Gasteiger partial charge in [-0.2, -0.15) is 0 Å². The normalized spacial score (nSPS) is 36.7. The number of carbonyl (C=O) groups is 1. The van der Waals surface area contributed by atoms with Crippen molar-refractivity contribution in [3.63, 3.8) is 0 Å². The molecule has 1 aromatic carbocycles. The van der Waals surface area contributed by atoms with Crippen molar-refractivity contribution in [3.8, 4) is 11.5 Å². The van der Waals surface area contributed by atoms with Crippen LogP contribution in [0, 0.1) is 11.8 Å². The molecule has 1 spiro atoms. The molecule has 2 bridgehead atoms. The number of phenolic OH excluding ortho intramolecular Hbond substituents is 1. The van der Waals surface area contributed by atoms with Gasteiger partial charge < -0.3 is 14.6 Å². The van der Waals surface area contributed by atoms with Crippen LogP contribution in [0.4, 0.5) is 0 Å². The Morgan fingerprint density at radius 1 is 1.30 bits per heavy atom. The maximum absolute atomic E-state index is 13.1. The van der Waals surface area contributed by atoms with Gasteiger partial charge in [0.2, 0.25) is 0 Å². The number of rotatable bonds is 6. The minimum Gasteiger partial charge on any atom is -0.504 e. The van der Waals surface area contributed by atoms with Crippen LogP contribution >= 0.6 is 0 Å². The fraction of sp³-hybridized carbons (Fsp3) is 0.720. The Morgan fingerprint density at radius 3 is 2.90 bits per heavy atom. The van der Waals surface area contributed by atoms with Gasteiger partial charge in [0.15, 0.2) is 23.4 Å². The van der Waals surface area contributed by atoms with Crippen LogP contribution in [0.3, 0.4) is 0 Å². The quantitative estimate of drug-likeness (QED) is 0.775. The fourth-order valence-electron chi connectivity index (χ4n) is 7.01. The number of Topliss-reactive ketones (excluding diaryl/α,β-unsaturated/α-hetero) is 1. The highest BCUT2D eigenvalue weighted by atomic mass is 16.5. The number of likely N-dealkylation sites (tertiary alicyclic amines) is 1. The third-order valence-electron chi connectivity index (χ3n) is 8.57. The molecule has 2 aliphatic heterocycles. The Balaban J connectivity index is 1.51. The highest BCUT2D eigenvalue weighted by Gasteiger charge is 2.74. The summed E-state index contributed by atoms with van der Waals surface area (Å²) in [6, 6.07) is 4.09. The highest BCUT2D eigenvalue weighted by Crippen LogP contribution is 2.66. The topological polar surface area (TPSA) is 59.0 Å². The molecular formula is C25H33NO4. The van der Waals surface area contributed by atoms with E-state index in [1.54, 1.807) is 6.07 Å². The molecule has 0 unspecified atom stereocenters. The van der Waals surface area contributed by atoms with Gasteiger partial charge in [-0.05, 0) is 68.5 Å². The number of carbonyl (C=O) groups excluding carboxylic acids is 1. The first-order valence-corrected chi connectivity index (χ1v) is 11.9. The molecular weight excluding hydrogens is 378 g/mol. The Labute approximate surface area is 178 Å². The van der Waals surface area contributed by atoms with Gasteiger partial charge in [-0.3, -0.25) is 9.69 Å². The average Bonchev–Trinajstić information content (AvgIpc) is 3.45. The van der Waals surface area contributed by atoms with E-state index in [1.165, 1.54) is 18.4 Å². The first kappa shape index (κ1) is 19.1. The molecule has 3 fully saturated rings. The second-order valence-electron chi connectivity index (χ2n) is 10.7. The molecule has 5 nitrogen and oxygen atoms in total. The van der Waals surface area contributed by atoms with Crippen LogP contribution in [0.1, 0.15) is 63.5 Å². The van der Waals surface area contributed by atoms with E-state index in [-0.39, 0.29) is 17.6 Å². The van der Waals surface area contributed by atoms with Crippen molar-refractivity contribution in [1.82, 2.24) is 4.90 Å². The number of phenols is 1. The van der Waals surface area contributed by atoms with Gasteiger partial charge >= 0.3 is 0 Å². The third kappa shape index (κ3) is 2.39. The van der Waals surface area contributed by atoms with Crippen molar-refractivity contribution in [3.05, 3.63) is 23.3 Å². The number of aromatic hydroxyl groups is 1. The van der Waals surface area contributed by atoms with Crippen LogP contribution in [0.2, 0.25) is 0 Å². The minimum atomic E-state index is -0.516. The lowest BCUT2D eigenvalue weighted by Crippen LogP contribution is -2.77. The highest BCUT2D eigenvalue weighted by molar-refractivity contribution is 5.90. The zero-order chi connectivity index (χ0) is 20.7. The fourth-order valence-corrected chi connectivity index (χ4v) is 7.01. The predicted molar refractivity (Wildman–Crippen MR) is 113 cm³/mol. The lowest BCUT2D eigenvalue weighted by atomic mass is 9.48. The second kappa shape index (κ2) is 6.46. The molecule has 1 aromatic rings. The van der Waals surface area contributed by atoms with E-state index in [1.807, 2.05) is 0 Å². The molecule has 4 atom stereocenters. The summed E-state index contributed by atoms with van der Waals surface area (Å²) in [6.45, 7) is 7.32. The summed E-state index contributed by atoms with van der Waals surface area (Å²) in [6.07, 6.45) is 6.25. The minimum absolute atomic E-state index is 0.167. The summed E-state index contributed by atoms with van der Waals surface area (Å²) in [4.78, 5) is 15.8. The van der Waals surface area contributed by atoms with Crippen LogP contribution in [0.25, 0.3) is 0 Å². The van der Waals surface area contributed by atoms with Gasteiger partial charge in [0.05, 0.1) is 11.0 Å². The number of nitrogens with zero attached hydrogens (tertiary/aromatic N) is 1. The van der Waals surface area contributed by atoms with Crippen molar-refractivity contribution in [2.24, 2.45) is 11.8 Å². The smallest absolute Gasteiger partial charge is 0.174 e. The van der Waals surface area contributed by atoms with Gasteiger partial charge in [-0.25, -0.2) is 0 Å². The molecule has 1 saturated heterocycles. The molecule has 2 saturated carbocycles. The summed E-state index contributed by atoms with van der Waals surface area (Å²) >= 11 is 0. The zero-order valence-electron chi connectivity index (χ0n) is 18.2. The maximum atomic E-state index is 13.1. The van der Waals surface area contributed by atoms with Crippen molar-refractivity contribution in [2.75, 3.05) is 19.7 Å². The molecule has 5 heteroatoms. The van der Waals surface area contributed by atoms with E-state index < -0.39 is 17.1 Å².